The third kappa shape index (κ3) is 76.1. The molecule has 0 radical (unpaired) electrons. The van der Waals surface area contributed by atoms with Crippen LogP contribution in [-0.4, -0.2) is 73.4 Å². The largest absolute Gasteiger partial charge is 0.472 e. The van der Waals surface area contributed by atoms with E-state index in [-0.39, 0.29) is 19.1 Å². The number of nitrogens with zero attached hydrogens (tertiary/aromatic N) is 1. The van der Waals surface area contributed by atoms with E-state index in [1.54, 1.807) is 6.08 Å². The lowest BCUT2D eigenvalue weighted by Gasteiger charge is -2.25. The van der Waals surface area contributed by atoms with Crippen LogP contribution in [0.25, 0.3) is 0 Å². The van der Waals surface area contributed by atoms with Crippen LogP contribution in [0.5, 0.6) is 0 Å². The van der Waals surface area contributed by atoms with Crippen molar-refractivity contribution in [2.45, 2.75) is 366 Å². The highest BCUT2D eigenvalue weighted by atomic mass is 31.2. The minimum absolute atomic E-state index is 0.0524. The summed E-state index contributed by atoms with van der Waals surface area (Å²) in [6, 6.07) is -0.873. The molecular weight excluding hydrogens is 1160 g/mol. The molecule has 0 aromatic rings. The maximum Gasteiger partial charge on any atom is 0.472 e. The number of phosphoric acid groups is 1. The number of quaternary nitrogens is 1. The van der Waals surface area contributed by atoms with Gasteiger partial charge >= 0.3 is 7.82 Å². The van der Waals surface area contributed by atoms with Gasteiger partial charge in [0.15, 0.2) is 0 Å². The van der Waals surface area contributed by atoms with Crippen LogP contribution in [0.2, 0.25) is 0 Å². The monoisotopic (exact) mass is 1320 g/mol. The van der Waals surface area contributed by atoms with Gasteiger partial charge in [-0.05, 0) is 96.3 Å². The second-order valence-corrected chi connectivity index (χ2v) is 29.2. The molecule has 0 aliphatic heterocycles. The number of aliphatic hydroxyl groups is 1. The van der Waals surface area contributed by atoms with Gasteiger partial charge in [-0.2, -0.15) is 0 Å². The third-order valence-electron chi connectivity index (χ3n) is 17.4. The summed E-state index contributed by atoms with van der Waals surface area (Å²) in [5.74, 6) is -0.187. The summed E-state index contributed by atoms with van der Waals surface area (Å²) in [7, 11) is 1.55. The number of carbonyl (C=O) groups excluding carboxylic acids is 1. The Hall–Kier alpha value is -3.10. The standard InChI is InChI=1S/C84H151N2O6P/c1-6-8-10-12-14-16-18-20-22-24-26-28-30-32-34-36-38-40-41-42-43-44-45-46-48-50-52-54-56-58-60-62-64-66-68-70-72-74-76-78-84(88)85-82(81-92-93(89,90)91-80-79-86(3,4)5)83(87)77-75-73-71-69-67-65-63-61-59-57-55-53-51-49-47-39-37-35-33-31-29-27-25-23-21-19-17-15-13-11-9-7-2/h8,10,14,16,20,22,26,28,32,34,38,40,42-43,45-46,67,69,75,77,82-83,87H,6-7,9,11-13,15,17-19,21,23-25,27,29-31,33,35-37,39,41,44,47-66,68,70-74,76,78-81H2,1-5H3,(H-,85,88,89,90)/p+1/b10-8-,16-14-,22-20-,28-26-,34-32-,40-38-,43-42-,46-45-,69-67+,77-75+. The fourth-order valence-electron chi connectivity index (χ4n) is 11.4. The molecular formula is C84H152N2O6P+. The van der Waals surface area contributed by atoms with Gasteiger partial charge in [-0.3, -0.25) is 13.8 Å². The Kier molecular flexibility index (Phi) is 70.7. The summed E-state index contributed by atoms with van der Waals surface area (Å²) < 4.78 is 23.9. The van der Waals surface area contributed by atoms with Crippen molar-refractivity contribution in [3.05, 3.63) is 122 Å². The smallest absolute Gasteiger partial charge is 0.387 e. The zero-order valence-electron chi connectivity index (χ0n) is 61.7. The first-order chi connectivity index (χ1) is 45.5. The number of hydrogen-bond acceptors (Lipinski definition) is 5. The van der Waals surface area contributed by atoms with Gasteiger partial charge in [0.25, 0.3) is 0 Å². The number of amides is 1. The molecule has 0 bridgehead atoms. The predicted octanol–water partition coefficient (Wildman–Crippen LogP) is 25.9. The van der Waals surface area contributed by atoms with Crippen molar-refractivity contribution in [2.75, 3.05) is 40.9 Å². The van der Waals surface area contributed by atoms with E-state index in [0.717, 1.165) is 89.9 Å². The fraction of sp³-hybridized carbons (Fsp3) is 0.750. The molecule has 0 rings (SSSR count). The van der Waals surface area contributed by atoms with E-state index in [9.17, 15) is 19.4 Å². The van der Waals surface area contributed by atoms with Gasteiger partial charge in [-0.15, -0.1) is 0 Å². The average molecular weight is 1320 g/mol. The minimum Gasteiger partial charge on any atom is -0.387 e. The fourth-order valence-corrected chi connectivity index (χ4v) is 12.1. The molecule has 0 saturated carbocycles. The van der Waals surface area contributed by atoms with Gasteiger partial charge in [-0.1, -0.05) is 373 Å². The minimum atomic E-state index is -4.37. The van der Waals surface area contributed by atoms with E-state index in [1.165, 1.54) is 244 Å². The lowest BCUT2D eigenvalue weighted by molar-refractivity contribution is -0.870. The normalized spacial score (nSPS) is 14.2. The first kappa shape index (κ1) is 89.9. The molecule has 0 aliphatic carbocycles. The zero-order chi connectivity index (χ0) is 67.6. The third-order valence-corrected chi connectivity index (χ3v) is 18.4. The van der Waals surface area contributed by atoms with Crippen LogP contribution < -0.4 is 5.32 Å². The lowest BCUT2D eigenvalue weighted by Crippen LogP contribution is -2.45. The van der Waals surface area contributed by atoms with Crippen LogP contribution in [0.15, 0.2) is 122 Å². The maximum atomic E-state index is 13.1. The molecule has 0 aliphatic rings. The average Bonchev–Trinajstić information content (AvgIpc) is 1.94. The maximum absolute atomic E-state index is 13.1. The predicted molar refractivity (Wildman–Crippen MR) is 410 cm³/mol. The summed E-state index contributed by atoms with van der Waals surface area (Å²) >= 11 is 0. The Morgan fingerprint density at radius 1 is 0.376 bits per heavy atom. The van der Waals surface area contributed by atoms with Crippen molar-refractivity contribution < 1.29 is 32.9 Å². The van der Waals surface area contributed by atoms with E-state index in [1.807, 2.05) is 27.2 Å². The number of phosphoric ester groups is 1. The van der Waals surface area contributed by atoms with E-state index < -0.39 is 20.0 Å². The van der Waals surface area contributed by atoms with Gasteiger partial charge in [0.1, 0.15) is 13.2 Å². The van der Waals surface area contributed by atoms with Crippen LogP contribution >= 0.6 is 7.82 Å². The van der Waals surface area contributed by atoms with Crippen molar-refractivity contribution in [1.82, 2.24) is 5.32 Å². The number of likely N-dealkylation sites (N-methyl/N-ethyl adjacent to an activating group) is 1. The van der Waals surface area contributed by atoms with Crippen molar-refractivity contribution in [2.24, 2.45) is 0 Å². The van der Waals surface area contributed by atoms with Gasteiger partial charge in [0.2, 0.25) is 5.91 Å². The van der Waals surface area contributed by atoms with Crippen LogP contribution in [0.3, 0.4) is 0 Å². The molecule has 1 amide bonds. The van der Waals surface area contributed by atoms with Crippen LogP contribution in [0.4, 0.5) is 0 Å². The number of aliphatic hydroxyl groups excluding tert-OH is 1. The summed E-state index contributed by atoms with van der Waals surface area (Å²) in [4.78, 5) is 23.5. The van der Waals surface area contributed by atoms with Gasteiger partial charge in [0, 0.05) is 6.42 Å². The highest BCUT2D eigenvalue weighted by Gasteiger charge is 2.28. The molecule has 0 saturated heterocycles. The van der Waals surface area contributed by atoms with Crippen molar-refractivity contribution >= 4 is 13.7 Å². The molecule has 0 aromatic heterocycles. The molecule has 3 unspecified atom stereocenters. The van der Waals surface area contributed by atoms with Crippen molar-refractivity contribution in [1.29, 1.82) is 0 Å². The number of carbonyl (C=O) groups is 1. The number of unbranched alkanes of at least 4 members (excludes halogenated alkanes) is 41. The van der Waals surface area contributed by atoms with Gasteiger partial charge < -0.3 is 19.8 Å². The lowest BCUT2D eigenvalue weighted by atomic mass is 10.0. The molecule has 8 nitrogen and oxygen atoms in total. The Bertz CT molecular complexity index is 1940. The zero-order valence-corrected chi connectivity index (χ0v) is 62.6. The number of rotatable bonds is 72. The molecule has 3 N–H and O–H groups in total. The first-order valence-corrected chi connectivity index (χ1v) is 40.9. The topological polar surface area (TPSA) is 105 Å². The number of hydrogen-bond donors (Lipinski definition) is 3. The molecule has 9 heteroatoms. The van der Waals surface area contributed by atoms with Crippen LogP contribution in [-0.2, 0) is 18.4 Å². The van der Waals surface area contributed by atoms with Crippen LogP contribution in [0.1, 0.15) is 354 Å². The molecule has 0 fully saturated rings. The number of allylic oxidation sites excluding steroid dienone is 19. The molecule has 93 heavy (non-hydrogen) atoms. The molecule has 3 atom stereocenters. The Balaban J connectivity index is 4.06. The van der Waals surface area contributed by atoms with Gasteiger partial charge in [-0.25, -0.2) is 4.57 Å². The molecule has 0 aromatic carbocycles. The molecule has 538 valence electrons. The van der Waals surface area contributed by atoms with E-state index in [2.05, 4.69) is 129 Å². The summed E-state index contributed by atoms with van der Waals surface area (Å²) in [5, 5.41) is 14.0. The highest BCUT2D eigenvalue weighted by molar-refractivity contribution is 7.47. The summed E-state index contributed by atoms with van der Waals surface area (Å²) in [5.41, 5.74) is 0. The summed E-state index contributed by atoms with van der Waals surface area (Å²) in [6.07, 6.45) is 110. The van der Waals surface area contributed by atoms with E-state index in [0.29, 0.717) is 17.4 Å². The van der Waals surface area contributed by atoms with Crippen molar-refractivity contribution in [3.8, 4) is 0 Å². The second-order valence-electron chi connectivity index (χ2n) is 27.7. The first-order valence-electron chi connectivity index (χ1n) is 39.4. The van der Waals surface area contributed by atoms with E-state index >= 15 is 0 Å². The summed E-state index contributed by atoms with van der Waals surface area (Å²) in [6.45, 7) is 4.71. The van der Waals surface area contributed by atoms with Gasteiger partial charge in [0.05, 0.1) is 39.9 Å². The Morgan fingerprint density at radius 2 is 0.656 bits per heavy atom. The SMILES string of the molecule is CC/C=C\C/C=C\C/C=C\C/C=C\C/C=C\C/C=C\C/C=C\C/C=C\CCCCCCCCCCCCCCCCC(=O)NC(COP(=O)(O)OCC[N+](C)(C)C)C(O)/C=C/CC/C=C/CCCCCCCCCCCCCCCCCCCCCCCCCCCC. The molecule has 0 heterocycles. The second kappa shape index (κ2) is 73.2. The Morgan fingerprint density at radius 3 is 0.989 bits per heavy atom. The Labute approximate surface area is 577 Å². The molecule has 0 spiro atoms. The number of nitrogens with one attached hydrogen (secondary N) is 1. The van der Waals surface area contributed by atoms with Crippen LogP contribution in [0, 0.1) is 0 Å². The van der Waals surface area contributed by atoms with E-state index in [4.69, 9.17) is 9.05 Å². The quantitative estimate of drug-likeness (QED) is 0.0243. The van der Waals surface area contributed by atoms with Crippen molar-refractivity contribution in [3.63, 3.8) is 0 Å². The highest BCUT2D eigenvalue weighted by Crippen LogP contribution is 2.43.